The van der Waals surface area contributed by atoms with E-state index in [1.165, 1.54) is 11.6 Å². The molecule has 1 unspecified atom stereocenters. The number of rotatable bonds is 5. The van der Waals surface area contributed by atoms with E-state index < -0.39 is 0 Å². The Morgan fingerprint density at radius 3 is 2.53 bits per heavy atom. The topological polar surface area (TPSA) is 55.2 Å². The number of non-ortho nitro benzene ring substituents is 1. The van der Waals surface area contributed by atoms with Crippen molar-refractivity contribution in [1.29, 1.82) is 0 Å². The molecule has 0 aliphatic carbocycles. The Kier molecular flexibility index (Phi) is 4.13. The first-order valence-corrected chi connectivity index (χ1v) is 6.26. The molecule has 0 aliphatic rings. The predicted molar refractivity (Wildman–Crippen MR) is 76.2 cm³/mol. The monoisotopic (exact) mass is 256 g/mol. The van der Waals surface area contributed by atoms with Gasteiger partial charge in [-0.15, -0.1) is 0 Å². The molecular weight excluding hydrogens is 240 g/mol. The lowest BCUT2D eigenvalue weighted by molar-refractivity contribution is -0.384. The highest BCUT2D eigenvalue weighted by atomic mass is 16.6. The maximum absolute atomic E-state index is 10.8. The van der Waals surface area contributed by atoms with Crippen LogP contribution in [0.4, 0.5) is 11.4 Å². The maximum atomic E-state index is 10.8. The summed E-state index contributed by atoms with van der Waals surface area (Å²) in [6.07, 6.45) is 0.909. The van der Waals surface area contributed by atoms with Gasteiger partial charge < -0.3 is 5.32 Å². The van der Waals surface area contributed by atoms with Crippen LogP contribution in [0.15, 0.2) is 54.6 Å². The molecule has 0 fully saturated rings. The molecule has 0 amide bonds. The summed E-state index contributed by atoms with van der Waals surface area (Å²) < 4.78 is 0. The van der Waals surface area contributed by atoms with Gasteiger partial charge in [0.15, 0.2) is 0 Å². The highest BCUT2D eigenvalue weighted by molar-refractivity contribution is 5.52. The fourth-order valence-corrected chi connectivity index (χ4v) is 2.02. The lowest BCUT2D eigenvalue weighted by Gasteiger charge is -2.18. The summed E-state index contributed by atoms with van der Waals surface area (Å²) in [7, 11) is 0. The van der Waals surface area contributed by atoms with Crippen LogP contribution in [0, 0.1) is 10.1 Å². The van der Waals surface area contributed by atoms with Crippen LogP contribution in [0.5, 0.6) is 0 Å². The summed E-state index contributed by atoms with van der Waals surface area (Å²) in [5.41, 5.74) is 2.05. The Hall–Kier alpha value is -2.36. The number of hydrogen-bond donors (Lipinski definition) is 1. The van der Waals surface area contributed by atoms with Crippen LogP contribution in [0.25, 0.3) is 0 Å². The van der Waals surface area contributed by atoms with Crippen molar-refractivity contribution in [3.8, 4) is 0 Å². The van der Waals surface area contributed by atoms with Gasteiger partial charge in [-0.2, -0.15) is 0 Å². The van der Waals surface area contributed by atoms with Crippen molar-refractivity contribution >= 4 is 11.4 Å². The van der Waals surface area contributed by atoms with Gasteiger partial charge in [-0.1, -0.05) is 43.3 Å². The van der Waals surface area contributed by atoms with E-state index in [0.29, 0.717) is 0 Å². The summed E-state index contributed by atoms with van der Waals surface area (Å²) in [6.45, 7) is 2.09. The van der Waals surface area contributed by atoms with Crippen LogP contribution in [-0.4, -0.2) is 4.92 Å². The smallest absolute Gasteiger partial charge is 0.271 e. The largest absolute Gasteiger partial charge is 0.378 e. The minimum absolute atomic E-state index is 0.105. The number of nitro benzene ring substituents is 1. The zero-order chi connectivity index (χ0) is 13.7. The Balaban J connectivity index is 2.19. The van der Waals surface area contributed by atoms with E-state index in [0.717, 1.165) is 12.1 Å². The van der Waals surface area contributed by atoms with E-state index in [-0.39, 0.29) is 16.7 Å². The van der Waals surface area contributed by atoms with Gasteiger partial charge in [-0.3, -0.25) is 10.1 Å². The van der Waals surface area contributed by atoms with Crippen LogP contribution in [0.3, 0.4) is 0 Å². The standard InChI is InChI=1S/C15H16N2O2/c1-2-15(12-7-4-3-5-8-12)16-13-9-6-10-14(11-13)17(18)19/h3-11,15-16H,2H2,1H3. The van der Waals surface area contributed by atoms with E-state index in [1.54, 1.807) is 12.1 Å². The number of hydrogen-bond acceptors (Lipinski definition) is 3. The second-order valence-corrected chi connectivity index (χ2v) is 4.32. The highest BCUT2D eigenvalue weighted by Gasteiger charge is 2.11. The first-order chi connectivity index (χ1) is 9.20. The molecule has 0 saturated carbocycles. The fourth-order valence-electron chi connectivity index (χ4n) is 2.02. The third-order valence-electron chi connectivity index (χ3n) is 3.01. The van der Waals surface area contributed by atoms with Crippen molar-refractivity contribution in [3.05, 3.63) is 70.3 Å². The molecule has 98 valence electrons. The maximum Gasteiger partial charge on any atom is 0.271 e. The molecule has 0 spiro atoms. The number of nitrogens with zero attached hydrogens (tertiary/aromatic N) is 1. The molecule has 1 atom stereocenters. The quantitative estimate of drug-likeness (QED) is 0.645. The van der Waals surface area contributed by atoms with Gasteiger partial charge in [0.2, 0.25) is 0 Å². The van der Waals surface area contributed by atoms with Crippen LogP contribution in [-0.2, 0) is 0 Å². The first kappa shape index (κ1) is 13.1. The molecule has 0 bridgehead atoms. The Bertz CT molecular complexity index is 555. The lowest BCUT2D eigenvalue weighted by atomic mass is 10.0. The highest BCUT2D eigenvalue weighted by Crippen LogP contribution is 2.24. The Morgan fingerprint density at radius 1 is 1.16 bits per heavy atom. The van der Waals surface area contributed by atoms with Crippen LogP contribution < -0.4 is 5.32 Å². The molecule has 19 heavy (non-hydrogen) atoms. The van der Waals surface area contributed by atoms with Gasteiger partial charge in [-0.05, 0) is 18.1 Å². The van der Waals surface area contributed by atoms with Crippen LogP contribution >= 0.6 is 0 Å². The fraction of sp³-hybridized carbons (Fsp3) is 0.200. The van der Waals surface area contributed by atoms with Gasteiger partial charge in [0.1, 0.15) is 0 Å². The average molecular weight is 256 g/mol. The van der Waals surface area contributed by atoms with Crippen LogP contribution in [0.2, 0.25) is 0 Å². The van der Waals surface area contributed by atoms with Crippen molar-refractivity contribution in [1.82, 2.24) is 0 Å². The molecule has 2 rings (SSSR count). The summed E-state index contributed by atoms with van der Waals surface area (Å²) in [6, 6.07) is 16.8. The third kappa shape index (κ3) is 3.31. The minimum Gasteiger partial charge on any atom is -0.378 e. The Labute approximate surface area is 112 Å². The second-order valence-electron chi connectivity index (χ2n) is 4.32. The molecule has 2 aromatic rings. The number of benzene rings is 2. The van der Waals surface area contributed by atoms with Crippen molar-refractivity contribution in [2.24, 2.45) is 0 Å². The molecule has 1 N–H and O–H groups in total. The second kappa shape index (κ2) is 6.00. The van der Waals surface area contributed by atoms with E-state index >= 15 is 0 Å². The Morgan fingerprint density at radius 2 is 1.89 bits per heavy atom. The molecule has 2 aromatic carbocycles. The third-order valence-corrected chi connectivity index (χ3v) is 3.01. The summed E-state index contributed by atoms with van der Waals surface area (Å²) >= 11 is 0. The predicted octanol–water partition coefficient (Wildman–Crippen LogP) is 4.16. The minimum atomic E-state index is -0.380. The van der Waals surface area contributed by atoms with Gasteiger partial charge >= 0.3 is 0 Å². The molecule has 0 heterocycles. The zero-order valence-electron chi connectivity index (χ0n) is 10.7. The normalized spacial score (nSPS) is 11.8. The SMILES string of the molecule is CCC(Nc1cccc([N+](=O)[O-])c1)c1ccccc1. The van der Waals surface area contributed by atoms with Crippen molar-refractivity contribution in [3.63, 3.8) is 0 Å². The lowest BCUT2D eigenvalue weighted by Crippen LogP contribution is -2.09. The first-order valence-electron chi connectivity index (χ1n) is 6.26. The van der Waals surface area contributed by atoms with Gasteiger partial charge in [0.25, 0.3) is 5.69 Å². The zero-order valence-corrected chi connectivity index (χ0v) is 10.7. The average Bonchev–Trinajstić information content (AvgIpc) is 2.46. The van der Waals surface area contributed by atoms with Gasteiger partial charge in [0.05, 0.1) is 11.0 Å². The molecule has 0 radical (unpaired) electrons. The van der Waals surface area contributed by atoms with Crippen molar-refractivity contribution < 1.29 is 4.92 Å². The molecular formula is C15H16N2O2. The molecule has 4 heteroatoms. The summed E-state index contributed by atoms with van der Waals surface area (Å²) in [5.74, 6) is 0. The number of nitro groups is 1. The molecule has 0 aromatic heterocycles. The number of nitrogens with one attached hydrogen (secondary N) is 1. The molecule has 0 aliphatic heterocycles. The number of anilines is 1. The van der Waals surface area contributed by atoms with Crippen molar-refractivity contribution in [2.45, 2.75) is 19.4 Å². The van der Waals surface area contributed by atoms with E-state index in [2.05, 4.69) is 24.4 Å². The van der Waals surface area contributed by atoms with Gasteiger partial charge in [0, 0.05) is 17.8 Å². The van der Waals surface area contributed by atoms with Crippen LogP contribution in [0.1, 0.15) is 24.9 Å². The van der Waals surface area contributed by atoms with E-state index in [1.807, 2.05) is 24.3 Å². The van der Waals surface area contributed by atoms with E-state index in [9.17, 15) is 10.1 Å². The summed E-state index contributed by atoms with van der Waals surface area (Å²) in [4.78, 5) is 10.4. The summed E-state index contributed by atoms with van der Waals surface area (Å²) in [5, 5.41) is 14.1. The molecule has 4 nitrogen and oxygen atoms in total. The van der Waals surface area contributed by atoms with E-state index in [4.69, 9.17) is 0 Å². The van der Waals surface area contributed by atoms with Gasteiger partial charge in [-0.25, -0.2) is 0 Å². The molecule has 0 saturated heterocycles. The van der Waals surface area contributed by atoms with Crippen molar-refractivity contribution in [2.75, 3.05) is 5.32 Å².